The molecule has 1 aromatic rings. The zero-order valence-electron chi connectivity index (χ0n) is 10.8. The first-order valence-electron chi connectivity index (χ1n) is 6.34. The van der Waals surface area contributed by atoms with Crippen molar-refractivity contribution in [2.45, 2.75) is 44.8 Å². The van der Waals surface area contributed by atoms with Crippen LogP contribution in [0.2, 0.25) is 0 Å². The summed E-state index contributed by atoms with van der Waals surface area (Å²) in [7, 11) is 0. The fourth-order valence-electron chi connectivity index (χ4n) is 2.18. The summed E-state index contributed by atoms with van der Waals surface area (Å²) >= 11 is 0. The lowest BCUT2D eigenvalue weighted by Crippen LogP contribution is -2.44. The van der Waals surface area contributed by atoms with E-state index in [1.165, 1.54) is 12.1 Å². The van der Waals surface area contributed by atoms with Gasteiger partial charge in [0.2, 0.25) is 5.91 Å². The van der Waals surface area contributed by atoms with Gasteiger partial charge < -0.3 is 10.6 Å². The molecule has 2 atom stereocenters. The van der Waals surface area contributed by atoms with Crippen molar-refractivity contribution in [1.29, 1.82) is 0 Å². The molecule has 0 spiro atoms. The van der Waals surface area contributed by atoms with Crippen molar-refractivity contribution in [2.75, 3.05) is 0 Å². The van der Waals surface area contributed by atoms with Crippen LogP contribution in [0.5, 0.6) is 0 Å². The summed E-state index contributed by atoms with van der Waals surface area (Å²) in [5.41, 5.74) is 6.63. The van der Waals surface area contributed by atoms with Crippen LogP contribution in [-0.2, 0) is 4.79 Å². The molecule has 1 amide bonds. The Morgan fingerprint density at radius 2 is 1.89 bits per heavy atom. The second-order valence-corrected chi connectivity index (χ2v) is 4.99. The van der Waals surface area contributed by atoms with E-state index in [9.17, 15) is 9.18 Å². The third kappa shape index (κ3) is 2.70. The molecule has 1 saturated carbocycles. The van der Waals surface area contributed by atoms with Crippen molar-refractivity contribution in [1.82, 2.24) is 4.90 Å². The second-order valence-electron chi connectivity index (χ2n) is 4.99. The van der Waals surface area contributed by atoms with Gasteiger partial charge in [0.1, 0.15) is 5.82 Å². The highest BCUT2D eigenvalue weighted by Gasteiger charge is 2.37. The summed E-state index contributed by atoms with van der Waals surface area (Å²) in [6.45, 7) is 3.67. The van der Waals surface area contributed by atoms with Crippen LogP contribution in [0.3, 0.4) is 0 Å². The van der Waals surface area contributed by atoms with E-state index in [0.29, 0.717) is 6.04 Å². The summed E-state index contributed by atoms with van der Waals surface area (Å²) in [5, 5.41) is 0. The standard InChI is InChI=1S/C14H19FN2O/c1-9(16)14(18)17(13-7-8-13)10(2)11-3-5-12(15)6-4-11/h3-6,9-10,13H,7-8,16H2,1-2H3/t9?,10-/m0/s1. The first-order valence-corrected chi connectivity index (χ1v) is 6.34. The zero-order chi connectivity index (χ0) is 13.3. The number of benzene rings is 1. The largest absolute Gasteiger partial charge is 0.332 e. The lowest BCUT2D eigenvalue weighted by atomic mass is 10.1. The molecule has 98 valence electrons. The van der Waals surface area contributed by atoms with Crippen LogP contribution < -0.4 is 5.73 Å². The van der Waals surface area contributed by atoms with E-state index in [1.807, 2.05) is 11.8 Å². The highest BCUT2D eigenvalue weighted by molar-refractivity contribution is 5.82. The van der Waals surface area contributed by atoms with Crippen LogP contribution in [0.25, 0.3) is 0 Å². The Hall–Kier alpha value is -1.42. The van der Waals surface area contributed by atoms with Crippen molar-refractivity contribution in [3.8, 4) is 0 Å². The van der Waals surface area contributed by atoms with Crippen LogP contribution in [0.1, 0.15) is 38.3 Å². The molecular formula is C14H19FN2O. The Bertz CT molecular complexity index is 426. The number of hydrogen-bond acceptors (Lipinski definition) is 2. The van der Waals surface area contributed by atoms with Gasteiger partial charge in [-0.2, -0.15) is 0 Å². The second kappa shape index (κ2) is 5.06. The van der Waals surface area contributed by atoms with Crippen LogP contribution in [0.15, 0.2) is 24.3 Å². The minimum absolute atomic E-state index is 0.0330. The third-order valence-electron chi connectivity index (χ3n) is 3.35. The number of nitrogens with zero attached hydrogens (tertiary/aromatic N) is 1. The smallest absolute Gasteiger partial charge is 0.239 e. The van der Waals surface area contributed by atoms with Crippen molar-refractivity contribution in [3.05, 3.63) is 35.6 Å². The van der Waals surface area contributed by atoms with Crippen molar-refractivity contribution < 1.29 is 9.18 Å². The van der Waals surface area contributed by atoms with Gasteiger partial charge in [-0.15, -0.1) is 0 Å². The number of nitrogens with two attached hydrogens (primary N) is 1. The maximum Gasteiger partial charge on any atom is 0.239 e. The summed E-state index contributed by atoms with van der Waals surface area (Å²) in [5.74, 6) is -0.295. The maximum absolute atomic E-state index is 12.9. The van der Waals surface area contributed by atoms with E-state index in [1.54, 1.807) is 19.1 Å². The molecule has 0 bridgehead atoms. The van der Waals surface area contributed by atoms with Crippen LogP contribution in [0.4, 0.5) is 4.39 Å². The molecule has 1 aromatic carbocycles. The number of amides is 1. The zero-order valence-corrected chi connectivity index (χ0v) is 10.8. The van der Waals surface area contributed by atoms with E-state index in [-0.39, 0.29) is 17.8 Å². The van der Waals surface area contributed by atoms with Crippen molar-refractivity contribution in [3.63, 3.8) is 0 Å². The molecule has 0 saturated heterocycles. The summed E-state index contributed by atoms with van der Waals surface area (Å²) in [6.07, 6.45) is 2.06. The fourth-order valence-corrected chi connectivity index (χ4v) is 2.18. The Kier molecular flexibility index (Phi) is 3.66. The molecule has 1 aliphatic rings. The van der Waals surface area contributed by atoms with E-state index in [0.717, 1.165) is 18.4 Å². The van der Waals surface area contributed by atoms with E-state index >= 15 is 0 Å². The number of hydrogen-bond donors (Lipinski definition) is 1. The molecule has 1 aliphatic carbocycles. The number of carbonyl (C=O) groups excluding carboxylic acids is 1. The number of rotatable bonds is 4. The van der Waals surface area contributed by atoms with Gasteiger partial charge in [0.15, 0.2) is 0 Å². The van der Waals surface area contributed by atoms with Gasteiger partial charge in [-0.05, 0) is 44.4 Å². The summed E-state index contributed by atoms with van der Waals surface area (Å²) in [4.78, 5) is 14.0. The third-order valence-corrected chi connectivity index (χ3v) is 3.35. The van der Waals surface area contributed by atoms with Gasteiger partial charge in [0.05, 0.1) is 12.1 Å². The molecular weight excluding hydrogens is 231 g/mol. The molecule has 1 fully saturated rings. The van der Waals surface area contributed by atoms with Gasteiger partial charge in [0, 0.05) is 6.04 Å². The Morgan fingerprint density at radius 1 is 1.33 bits per heavy atom. The van der Waals surface area contributed by atoms with Gasteiger partial charge >= 0.3 is 0 Å². The first-order chi connectivity index (χ1) is 8.50. The molecule has 0 radical (unpaired) electrons. The van der Waals surface area contributed by atoms with Gasteiger partial charge in [-0.1, -0.05) is 12.1 Å². The molecule has 4 heteroatoms. The van der Waals surface area contributed by atoms with Crippen LogP contribution in [-0.4, -0.2) is 22.9 Å². The average molecular weight is 250 g/mol. The molecule has 2 rings (SSSR count). The fraction of sp³-hybridized carbons (Fsp3) is 0.500. The van der Waals surface area contributed by atoms with E-state index < -0.39 is 6.04 Å². The molecule has 2 N–H and O–H groups in total. The van der Waals surface area contributed by atoms with E-state index in [2.05, 4.69) is 0 Å². The normalized spacial score (nSPS) is 18.2. The Morgan fingerprint density at radius 3 is 2.33 bits per heavy atom. The topological polar surface area (TPSA) is 46.3 Å². The molecule has 0 aromatic heterocycles. The SMILES string of the molecule is CC(N)C(=O)N(C1CC1)[C@@H](C)c1ccc(F)cc1. The predicted octanol–water partition coefficient (Wildman–Crippen LogP) is 2.22. The van der Waals surface area contributed by atoms with Crippen LogP contribution in [0, 0.1) is 5.82 Å². The molecule has 0 aliphatic heterocycles. The Labute approximate surface area is 107 Å². The summed E-state index contributed by atoms with van der Waals surface area (Å²) in [6, 6.07) is 6.04. The summed E-state index contributed by atoms with van der Waals surface area (Å²) < 4.78 is 12.9. The molecule has 0 heterocycles. The Balaban J connectivity index is 2.20. The van der Waals surface area contributed by atoms with Gasteiger partial charge in [-0.25, -0.2) is 4.39 Å². The quantitative estimate of drug-likeness (QED) is 0.890. The molecule has 18 heavy (non-hydrogen) atoms. The number of carbonyl (C=O) groups is 1. The van der Waals surface area contributed by atoms with Crippen molar-refractivity contribution >= 4 is 5.91 Å². The minimum Gasteiger partial charge on any atom is -0.332 e. The van der Waals surface area contributed by atoms with Crippen molar-refractivity contribution in [2.24, 2.45) is 5.73 Å². The maximum atomic E-state index is 12.9. The molecule has 1 unspecified atom stereocenters. The van der Waals surface area contributed by atoms with E-state index in [4.69, 9.17) is 5.73 Å². The monoisotopic (exact) mass is 250 g/mol. The first kappa shape index (κ1) is 13.0. The predicted molar refractivity (Wildman–Crippen MR) is 68.3 cm³/mol. The lowest BCUT2D eigenvalue weighted by Gasteiger charge is -2.31. The highest BCUT2D eigenvalue weighted by Crippen LogP contribution is 2.34. The van der Waals surface area contributed by atoms with Crippen LogP contribution >= 0.6 is 0 Å². The highest BCUT2D eigenvalue weighted by atomic mass is 19.1. The van der Waals surface area contributed by atoms with Gasteiger partial charge in [-0.3, -0.25) is 4.79 Å². The number of halogens is 1. The van der Waals surface area contributed by atoms with Gasteiger partial charge in [0.25, 0.3) is 0 Å². The lowest BCUT2D eigenvalue weighted by molar-refractivity contribution is -0.135. The minimum atomic E-state index is -0.492. The average Bonchev–Trinajstić information content (AvgIpc) is 3.14. The molecule has 3 nitrogen and oxygen atoms in total.